The summed E-state index contributed by atoms with van der Waals surface area (Å²) in [6, 6.07) is 8.62. The highest BCUT2D eigenvalue weighted by Gasteiger charge is 2.21. The normalized spacial score (nSPS) is 12.1. The van der Waals surface area contributed by atoms with Gasteiger partial charge in [-0.2, -0.15) is 5.26 Å². The summed E-state index contributed by atoms with van der Waals surface area (Å²) >= 11 is 0. The van der Waals surface area contributed by atoms with Crippen LogP contribution in [0.4, 0.5) is 4.79 Å². The van der Waals surface area contributed by atoms with Gasteiger partial charge in [0.25, 0.3) is 0 Å². The van der Waals surface area contributed by atoms with Crippen molar-refractivity contribution in [2.75, 3.05) is 13.7 Å². The Hall–Kier alpha value is -2.37. The topological polar surface area (TPSA) is 80.4 Å². The van der Waals surface area contributed by atoms with E-state index in [-0.39, 0.29) is 6.09 Å². The molecule has 0 bridgehead atoms. The lowest BCUT2D eigenvalue weighted by Gasteiger charge is -2.25. The van der Waals surface area contributed by atoms with Gasteiger partial charge in [0.2, 0.25) is 0 Å². The van der Waals surface area contributed by atoms with Crippen molar-refractivity contribution in [3.63, 3.8) is 0 Å². The molecule has 0 aliphatic heterocycles. The van der Waals surface area contributed by atoms with E-state index in [2.05, 4.69) is 30.7 Å². The van der Waals surface area contributed by atoms with Crippen molar-refractivity contribution >= 4 is 25.2 Å². The maximum absolute atomic E-state index is 12.4. The summed E-state index contributed by atoms with van der Waals surface area (Å²) in [6.07, 6.45) is -0.389. The first-order chi connectivity index (χ1) is 13.4. The molecule has 0 radical (unpaired) electrons. The number of nitrogens with zero attached hydrogens (tertiary/aromatic N) is 4. The standard InChI is InChI=1S/C21H32N4O3Si/c1-21(2,3)28-20(26)24(4)14-17-12-18-19(9-8-16(13-22)23-18)25(17)15-27-10-11-29(5,6)7/h8-9,12H,10-11,14-15H2,1-7H3. The molecule has 2 heterocycles. The Labute approximate surface area is 174 Å². The van der Waals surface area contributed by atoms with Gasteiger partial charge in [0.15, 0.2) is 0 Å². The summed E-state index contributed by atoms with van der Waals surface area (Å²) in [4.78, 5) is 18.3. The molecule has 2 aromatic heterocycles. The molecule has 2 rings (SSSR count). The molecule has 0 aliphatic rings. The summed E-state index contributed by atoms with van der Waals surface area (Å²) in [6.45, 7) is 13.9. The number of carbonyl (C=O) groups is 1. The van der Waals surface area contributed by atoms with Crippen LogP contribution in [0.3, 0.4) is 0 Å². The Bertz CT molecular complexity index is 904. The molecule has 0 N–H and O–H groups in total. The molecule has 0 fully saturated rings. The van der Waals surface area contributed by atoms with E-state index in [9.17, 15) is 4.79 Å². The van der Waals surface area contributed by atoms with E-state index < -0.39 is 13.7 Å². The number of fused-ring (bicyclic) bond motifs is 1. The van der Waals surface area contributed by atoms with Crippen LogP contribution in [-0.2, 0) is 22.7 Å². The second kappa shape index (κ2) is 8.97. The fraction of sp³-hybridized carbons (Fsp3) is 0.571. The van der Waals surface area contributed by atoms with Gasteiger partial charge in [-0.05, 0) is 45.0 Å². The number of rotatable bonds is 7. The van der Waals surface area contributed by atoms with Crippen LogP contribution >= 0.6 is 0 Å². The summed E-state index contributed by atoms with van der Waals surface area (Å²) in [7, 11) is 0.530. The van der Waals surface area contributed by atoms with Gasteiger partial charge in [-0.3, -0.25) is 0 Å². The zero-order valence-corrected chi connectivity index (χ0v) is 19.6. The minimum atomic E-state index is -1.18. The average Bonchev–Trinajstić information content (AvgIpc) is 2.92. The molecule has 0 atom stereocenters. The third-order valence-electron chi connectivity index (χ3n) is 4.28. The molecule has 0 aliphatic carbocycles. The van der Waals surface area contributed by atoms with Gasteiger partial charge in [-0.1, -0.05) is 19.6 Å². The van der Waals surface area contributed by atoms with Crippen molar-refractivity contribution < 1.29 is 14.3 Å². The Morgan fingerprint density at radius 1 is 1.31 bits per heavy atom. The number of pyridine rings is 1. The molecule has 2 aromatic rings. The van der Waals surface area contributed by atoms with Crippen molar-refractivity contribution in [1.29, 1.82) is 5.26 Å². The van der Waals surface area contributed by atoms with Gasteiger partial charge in [0.05, 0.1) is 17.6 Å². The van der Waals surface area contributed by atoms with Gasteiger partial charge in [-0.15, -0.1) is 0 Å². The van der Waals surface area contributed by atoms with E-state index in [1.54, 1.807) is 13.1 Å². The van der Waals surface area contributed by atoms with Gasteiger partial charge < -0.3 is 18.9 Å². The van der Waals surface area contributed by atoms with Gasteiger partial charge >= 0.3 is 6.09 Å². The van der Waals surface area contributed by atoms with Crippen LogP contribution in [0.5, 0.6) is 0 Å². The number of aromatic nitrogens is 2. The number of ether oxygens (including phenoxy) is 2. The number of carbonyl (C=O) groups excluding carboxylic acids is 1. The van der Waals surface area contributed by atoms with E-state index >= 15 is 0 Å². The third kappa shape index (κ3) is 6.87. The lowest BCUT2D eigenvalue weighted by molar-refractivity contribution is 0.0274. The van der Waals surface area contributed by atoms with E-state index in [4.69, 9.17) is 14.7 Å². The van der Waals surface area contributed by atoms with Crippen molar-refractivity contribution in [2.24, 2.45) is 0 Å². The molecule has 29 heavy (non-hydrogen) atoms. The lowest BCUT2D eigenvalue weighted by Crippen LogP contribution is -2.34. The van der Waals surface area contributed by atoms with Crippen LogP contribution in [0, 0.1) is 11.3 Å². The predicted octanol–water partition coefficient (Wildman–Crippen LogP) is 4.59. The Morgan fingerprint density at radius 2 is 2.00 bits per heavy atom. The number of amides is 1. The molecule has 0 aromatic carbocycles. The second-order valence-electron chi connectivity index (χ2n) is 9.46. The Kier molecular flexibility index (Phi) is 7.09. The molecular weight excluding hydrogens is 384 g/mol. The minimum absolute atomic E-state index is 0.352. The van der Waals surface area contributed by atoms with Gasteiger partial charge in [0, 0.05) is 27.4 Å². The number of hydrogen-bond donors (Lipinski definition) is 0. The van der Waals surface area contributed by atoms with Crippen molar-refractivity contribution in [3.8, 4) is 6.07 Å². The first-order valence-corrected chi connectivity index (χ1v) is 13.5. The van der Waals surface area contributed by atoms with E-state index in [1.165, 1.54) is 4.90 Å². The maximum atomic E-state index is 12.4. The monoisotopic (exact) mass is 416 g/mol. The molecule has 0 spiro atoms. The SMILES string of the molecule is CN(Cc1cc2nc(C#N)ccc2n1COCC[Si](C)(C)C)C(=O)OC(C)(C)C. The summed E-state index contributed by atoms with van der Waals surface area (Å²) in [5.74, 6) is 0. The van der Waals surface area contributed by atoms with Crippen LogP contribution in [-0.4, -0.2) is 47.9 Å². The molecule has 1 amide bonds. The maximum Gasteiger partial charge on any atom is 0.410 e. The molecule has 0 saturated carbocycles. The Morgan fingerprint density at radius 3 is 2.59 bits per heavy atom. The highest BCUT2D eigenvalue weighted by atomic mass is 28.3. The lowest BCUT2D eigenvalue weighted by atomic mass is 10.2. The van der Waals surface area contributed by atoms with Crippen LogP contribution in [0.2, 0.25) is 25.7 Å². The molecule has 158 valence electrons. The van der Waals surface area contributed by atoms with Crippen molar-refractivity contribution in [3.05, 3.63) is 29.6 Å². The van der Waals surface area contributed by atoms with Crippen LogP contribution in [0.15, 0.2) is 18.2 Å². The summed E-state index contributed by atoms with van der Waals surface area (Å²) < 4.78 is 13.4. The quantitative estimate of drug-likeness (QED) is 0.487. The fourth-order valence-corrected chi connectivity index (χ4v) is 3.48. The molecule has 7 nitrogen and oxygen atoms in total. The second-order valence-corrected chi connectivity index (χ2v) is 15.1. The van der Waals surface area contributed by atoms with E-state index in [1.807, 2.05) is 37.5 Å². The van der Waals surface area contributed by atoms with Crippen LogP contribution < -0.4 is 0 Å². The van der Waals surface area contributed by atoms with E-state index in [0.29, 0.717) is 31.1 Å². The zero-order valence-electron chi connectivity index (χ0n) is 18.6. The first-order valence-electron chi connectivity index (χ1n) is 9.81. The number of nitriles is 1. The van der Waals surface area contributed by atoms with Gasteiger partial charge in [0.1, 0.15) is 24.1 Å². The average molecular weight is 417 g/mol. The molecule has 0 saturated heterocycles. The highest BCUT2D eigenvalue weighted by molar-refractivity contribution is 6.76. The Balaban J connectivity index is 2.24. The fourth-order valence-electron chi connectivity index (χ4n) is 2.72. The minimum Gasteiger partial charge on any atom is -0.444 e. The van der Waals surface area contributed by atoms with Crippen LogP contribution in [0.1, 0.15) is 32.2 Å². The molecule has 0 unspecified atom stereocenters. The largest absolute Gasteiger partial charge is 0.444 e. The smallest absolute Gasteiger partial charge is 0.410 e. The highest BCUT2D eigenvalue weighted by Crippen LogP contribution is 2.21. The van der Waals surface area contributed by atoms with Gasteiger partial charge in [-0.25, -0.2) is 9.78 Å². The summed E-state index contributed by atoms with van der Waals surface area (Å²) in [5, 5.41) is 9.14. The molecular formula is C21H32N4O3Si. The zero-order chi connectivity index (χ0) is 21.8. The van der Waals surface area contributed by atoms with Crippen LogP contribution in [0.25, 0.3) is 11.0 Å². The van der Waals surface area contributed by atoms with Crippen molar-refractivity contribution in [2.45, 2.75) is 65.3 Å². The number of hydrogen-bond acceptors (Lipinski definition) is 5. The third-order valence-corrected chi connectivity index (χ3v) is 5.98. The summed E-state index contributed by atoms with van der Waals surface area (Å²) in [5.41, 5.74) is 2.28. The predicted molar refractivity (Wildman–Crippen MR) is 116 cm³/mol. The van der Waals surface area contributed by atoms with Crippen molar-refractivity contribution in [1.82, 2.24) is 14.5 Å². The molecule has 8 heteroatoms. The van der Waals surface area contributed by atoms with E-state index in [0.717, 1.165) is 17.3 Å². The first kappa shape index (κ1) is 22.9.